The molecule has 11 rings (SSSR count). The van der Waals surface area contributed by atoms with Crippen LogP contribution in [0.15, 0.2) is 204 Å². The number of fused-ring (bicyclic) bond motifs is 8. The minimum atomic E-state index is -0.655. The third kappa shape index (κ3) is 5.33. The molecule has 0 N–H and O–H groups in total. The first-order chi connectivity index (χ1) is 33.8. The SMILES string of the molecule is [2H]c1c([2H])c([2H])c(-c2ccc(N(c3ccc4c(c3)C(C)(C)c3ccccc3-4)c3cccc4ccc5oc6c(-c7c([2H])c([2H])c([2H])c(-c8c([2H])c([2H])c([2H])c([2H])c8[2H])c7[2H])cccc6c5c34)cc2)c([2H])c1[2H]. The zero-order chi connectivity index (χ0) is 50.3. The van der Waals surface area contributed by atoms with E-state index in [1.54, 1.807) is 24.3 Å². The summed E-state index contributed by atoms with van der Waals surface area (Å²) in [5.74, 6) is 0. The maximum atomic E-state index is 9.50. The number of furan rings is 1. The van der Waals surface area contributed by atoms with Crippen molar-refractivity contribution in [2.45, 2.75) is 19.3 Å². The van der Waals surface area contributed by atoms with Crippen LogP contribution >= 0.6 is 0 Å². The topological polar surface area (TPSA) is 16.4 Å². The van der Waals surface area contributed by atoms with Crippen molar-refractivity contribution in [3.8, 4) is 44.5 Å². The van der Waals surface area contributed by atoms with Gasteiger partial charge in [-0.1, -0.05) is 171 Å². The van der Waals surface area contributed by atoms with Crippen LogP contribution in [0.5, 0.6) is 0 Å². The highest BCUT2D eigenvalue weighted by Gasteiger charge is 2.36. The number of para-hydroxylation sites is 1. The third-order valence-corrected chi connectivity index (χ3v) is 11.1. The minimum absolute atomic E-state index is 0.0840. The van der Waals surface area contributed by atoms with Crippen molar-refractivity contribution in [2.24, 2.45) is 0 Å². The fraction of sp³-hybridized carbons (Fsp3) is 0.0545. The molecule has 2 nitrogen and oxygen atoms in total. The molecule has 0 saturated heterocycles. The van der Waals surface area contributed by atoms with Crippen molar-refractivity contribution in [2.75, 3.05) is 4.90 Å². The molecular weight excluding hydrogens is 691 g/mol. The van der Waals surface area contributed by atoms with E-state index in [1.807, 2.05) is 60.7 Å². The predicted octanol–water partition coefficient (Wildman–Crippen LogP) is 15.5. The molecule has 9 aromatic carbocycles. The lowest BCUT2D eigenvalue weighted by Gasteiger charge is -2.29. The van der Waals surface area contributed by atoms with Crippen molar-refractivity contribution in [1.82, 2.24) is 0 Å². The van der Waals surface area contributed by atoms with Crippen LogP contribution in [0.3, 0.4) is 0 Å². The Morgan fingerprint density at radius 3 is 1.96 bits per heavy atom. The monoisotopic (exact) mass is 743 g/mol. The highest BCUT2D eigenvalue weighted by Crippen LogP contribution is 2.52. The van der Waals surface area contributed by atoms with Gasteiger partial charge in [-0.2, -0.15) is 0 Å². The van der Waals surface area contributed by atoms with Crippen LogP contribution in [-0.4, -0.2) is 0 Å². The maximum absolute atomic E-state index is 9.50. The maximum Gasteiger partial charge on any atom is 0.143 e. The first kappa shape index (κ1) is 21.8. The van der Waals surface area contributed by atoms with Crippen molar-refractivity contribution < 1.29 is 23.6 Å². The van der Waals surface area contributed by atoms with E-state index < -0.39 is 78.1 Å². The van der Waals surface area contributed by atoms with Crippen LogP contribution in [0.1, 0.15) is 44.2 Å². The summed E-state index contributed by atoms with van der Waals surface area (Å²) < 4.78 is 128. The number of hydrogen-bond acceptors (Lipinski definition) is 2. The first-order valence-corrected chi connectivity index (χ1v) is 18.6. The van der Waals surface area contributed by atoms with Gasteiger partial charge in [0.25, 0.3) is 0 Å². The smallest absolute Gasteiger partial charge is 0.143 e. The normalized spacial score (nSPS) is 16.3. The molecule has 0 unspecified atom stereocenters. The summed E-state index contributed by atoms with van der Waals surface area (Å²) in [4.78, 5) is 2.12. The molecule has 10 aromatic rings. The van der Waals surface area contributed by atoms with E-state index in [2.05, 4.69) is 49.1 Å². The highest BCUT2D eigenvalue weighted by atomic mass is 16.3. The van der Waals surface area contributed by atoms with E-state index in [9.17, 15) is 1.37 Å². The second-order valence-electron chi connectivity index (χ2n) is 14.6. The van der Waals surface area contributed by atoms with Gasteiger partial charge < -0.3 is 9.32 Å². The van der Waals surface area contributed by atoms with Gasteiger partial charge in [-0.15, -0.1) is 0 Å². The Balaban J connectivity index is 1.17. The lowest BCUT2D eigenvalue weighted by Crippen LogP contribution is -2.16. The van der Waals surface area contributed by atoms with Crippen LogP contribution in [0.4, 0.5) is 17.1 Å². The van der Waals surface area contributed by atoms with Crippen LogP contribution in [0, 0.1) is 0 Å². The molecule has 0 spiro atoms. The van der Waals surface area contributed by atoms with E-state index in [1.165, 1.54) is 5.56 Å². The van der Waals surface area contributed by atoms with Gasteiger partial charge in [0.2, 0.25) is 0 Å². The fourth-order valence-corrected chi connectivity index (χ4v) is 8.44. The molecule has 0 aliphatic heterocycles. The fourth-order valence-electron chi connectivity index (χ4n) is 8.44. The molecule has 270 valence electrons. The minimum Gasteiger partial charge on any atom is -0.455 e. The predicted molar refractivity (Wildman–Crippen MR) is 240 cm³/mol. The largest absolute Gasteiger partial charge is 0.455 e. The van der Waals surface area contributed by atoms with E-state index in [-0.39, 0.29) is 45.3 Å². The number of hydrogen-bond donors (Lipinski definition) is 0. The summed E-state index contributed by atoms with van der Waals surface area (Å²) in [6, 6.07) is 29.6. The Kier molecular flexibility index (Phi) is 4.96. The van der Waals surface area contributed by atoms with Crippen molar-refractivity contribution in [3.63, 3.8) is 0 Å². The van der Waals surface area contributed by atoms with E-state index in [4.69, 9.17) is 22.2 Å². The number of benzene rings is 9. The van der Waals surface area contributed by atoms with Crippen molar-refractivity contribution in [1.29, 1.82) is 0 Å². The Labute approximate surface area is 352 Å². The van der Waals surface area contributed by atoms with Crippen LogP contribution in [0.25, 0.3) is 77.2 Å². The molecule has 1 heterocycles. The lowest BCUT2D eigenvalue weighted by molar-refractivity contribution is 0.660. The molecule has 0 fully saturated rings. The van der Waals surface area contributed by atoms with Gasteiger partial charge in [-0.25, -0.2) is 0 Å². The summed E-state index contributed by atoms with van der Waals surface area (Å²) in [5, 5.41) is 2.91. The van der Waals surface area contributed by atoms with Gasteiger partial charge >= 0.3 is 0 Å². The molecule has 1 aromatic heterocycles. The standard InChI is InChI=1S/C55H39NO/c1-55(2)48-24-10-9-21-45(48)46-32-31-43(35-49(46)55)56(42-29-26-38(27-30-42)36-14-5-3-6-15-36)50-25-12-18-39-28-33-51-53(52(39)50)47-23-13-22-44(54(47)57-51)41-20-11-19-40(34-41)37-16-7-4-8-17-37/h3-35H,1-2H3/i3D,4D,5D,6D,7D,8D,11D,14D,15D,16D,17D,19D,20D,34D. The Morgan fingerprint density at radius 2 is 1.16 bits per heavy atom. The quantitative estimate of drug-likeness (QED) is 0.169. The second kappa shape index (κ2) is 13.0. The van der Waals surface area contributed by atoms with Crippen molar-refractivity contribution in [3.05, 3.63) is 211 Å². The lowest BCUT2D eigenvalue weighted by atomic mass is 9.82. The molecule has 0 amide bonds. The van der Waals surface area contributed by atoms with E-state index >= 15 is 0 Å². The summed E-state index contributed by atoms with van der Waals surface area (Å²) >= 11 is 0. The molecular formula is C55H39NO. The summed E-state index contributed by atoms with van der Waals surface area (Å²) in [7, 11) is 0. The summed E-state index contributed by atoms with van der Waals surface area (Å²) in [6.07, 6.45) is 0. The average molecular weight is 744 g/mol. The van der Waals surface area contributed by atoms with Gasteiger partial charge in [0.1, 0.15) is 11.2 Å². The van der Waals surface area contributed by atoms with E-state index in [0.717, 1.165) is 38.8 Å². The van der Waals surface area contributed by atoms with Gasteiger partial charge in [-0.05, 0) is 97.9 Å². The molecule has 1 aliphatic carbocycles. The molecule has 0 radical (unpaired) electrons. The van der Waals surface area contributed by atoms with E-state index in [0.29, 0.717) is 27.6 Å². The Hall–Kier alpha value is -7.16. The van der Waals surface area contributed by atoms with Gasteiger partial charge in [0, 0.05) is 38.5 Å². The molecule has 0 saturated carbocycles. The number of nitrogens with zero attached hydrogens (tertiary/aromatic N) is 1. The van der Waals surface area contributed by atoms with Gasteiger partial charge in [-0.3, -0.25) is 0 Å². The molecule has 0 bridgehead atoms. The van der Waals surface area contributed by atoms with Crippen LogP contribution < -0.4 is 4.90 Å². The van der Waals surface area contributed by atoms with Gasteiger partial charge in [0.15, 0.2) is 0 Å². The second-order valence-corrected chi connectivity index (χ2v) is 14.6. The van der Waals surface area contributed by atoms with Crippen LogP contribution in [0.2, 0.25) is 0 Å². The third-order valence-electron chi connectivity index (χ3n) is 11.1. The molecule has 1 aliphatic rings. The zero-order valence-corrected chi connectivity index (χ0v) is 30.8. The summed E-state index contributed by atoms with van der Waals surface area (Å²) in [6.45, 7) is 4.41. The Bertz CT molecular complexity index is 3920. The van der Waals surface area contributed by atoms with Crippen molar-refractivity contribution >= 4 is 49.8 Å². The first-order valence-electron chi connectivity index (χ1n) is 25.6. The zero-order valence-electron chi connectivity index (χ0n) is 44.8. The molecule has 0 atom stereocenters. The molecule has 57 heavy (non-hydrogen) atoms. The Morgan fingerprint density at radius 1 is 0.491 bits per heavy atom. The summed E-state index contributed by atoms with van der Waals surface area (Å²) in [5.41, 5.74) is 7.10. The number of rotatable bonds is 6. The van der Waals surface area contributed by atoms with Gasteiger partial charge in [0.05, 0.1) is 24.9 Å². The number of anilines is 3. The average Bonchev–Trinajstić information content (AvgIpc) is 3.87. The highest BCUT2D eigenvalue weighted by molar-refractivity contribution is 6.24. The molecule has 2 heteroatoms. The van der Waals surface area contributed by atoms with Crippen LogP contribution in [-0.2, 0) is 5.41 Å².